The van der Waals surface area contributed by atoms with Crippen LogP contribution in [-0.4, -0.2) is 57.3 Å². The Balaban J connectivity index is 1.66. The van der Waals surface area contributed by atoms with E-state index in [2.05, 4.69) is 18.8 Å². The average Bonchev–Trinajstić information content (AvgIpc) is 3.27. The van der Waals surface area contributed by atoms with Crippen LogP contribution in [0.2, 0.25) is 0 Å². The predicted octanol–water partition coefficient (Wildman–Crippen LogP) is 2.54. The molecule has 0 bridgehead atoms. The Hall–Kier alpha value is -2.57. The number of rotatable bonds is 4. The number of amides is 2. The zero-order chi connectivity index (χ0) is 18.7. The van der Waals surface area contributed by atoms with E-state index in [1.165, 1.54) is 6.26 Å². The third-order valence-electron chi connectivity index (χ3n) is 4.82. The average molecular weight is 358 g/mol. The number of carbonyl (C=O) groups excluding carboxylic acids is 2. The maximum absolute atomic E-state index is 13.0. The molecule has 2 aromatic heterocycles. The van der Waals surface area contributed by atoms with Gasteiger partial charge in [0.2, 0.25) is 5.91 Å². The van der Waals surface area contributed by atoms with Crippen molar-refractivity contribution in [1.82, 2.24) is 19.4 Å². The summed E-state index contributed by atoms with van der Waals surface area (Å²) in [4.78, 5) is 33.4. The lowest BCUT2D eigenvalue weighted by Gasteiger charge is -2.26. The van der Waals surface area contributed by atoms with Crippen molar-refractivity contribution in [2.75, 3.05) is 26.2 Å². The molecular formula is C19H26N4O3. The van der Waals surface area contributed by atoms with Crippen LogP contribution in [0.1, 0.15) is 55.5 Å². The predicted molar refractivity (Wildman–Crippen MR) is 96.8 cm³/mol. The van der Waals surface area contributed by atoms with E-state index in [0.29, 0.717) is 31.9 Å². The molecule has 0 aliphatic carbocycles. The second-order valence-corrected chi connectivity index (χ2v) is 6.97. The third kappa shape index (κ3) is 3.66. The van der Waals surface area contributed by atoms with Crippen LogP contribution in [0.5, 0.6) is 0 Å². The highest BCUT2D eigenvalue weighted by molar-refractivity contribution is 5.91. The maximum Gasteiger partial charge on any atom is 0.289 e. The lowest BCUT2D eigenvalue weighted by atomic mass is 10.2. The molecule has 3 heterocycles. The molecule has 26 heavy (non-hydrogen) atoms. The van der Waals surface area contributed by atoms with E-state index in [9.17, 15) is 9.59 Å². The summed E-state index contributed by atoms with van der Waals surface area (Å²) < 4.78 is 7.15. The normalized spacial score (nSPS) is 16.6. The number of hydrogen-bond acceptors (Lipinski definition) is 4. The number of aromatic nitrogens is 2. The molecule has 7 nitrogen and oxygen atoms in total. The summed E-state index contributed by atoms with van der Waals surface area (Å²) in [6.07, 6.45) is 5.86. The molecule has 2 aromatic rings. The maximum atomic E-state index is 13.0. The van der Waals surface area contributed by atoms with Crippen molar-refractivity contribution in [2.24, 2.45) is 0 Å². The van der Waals surface area contributed by atoms with E-state index in [-0.39, 0.29) is 23.8 Å². The summed E-state index contributed by atoms with van der Waals surface area (Å²) in [5.74, 6) is 1.46. The Bertz CT molecular complexity index is 751. The van der Waals surface area contributed by atoms with Gasteiger partial charge in [-0.25, -0.2) is 4.98 Å². The van der Waals surface area contributed by atoms with Gasteiger partial charge in [-0.05, 0) is 25.5 Å². The first-order valence-electron chi connectivity index (χ1n) is 9.13. The van der Waals surface area contributed by atoms with Gasteiger partial charge in [-0.2, -0.15) is 0 Å². The van der Waals surface area contributed by atoms with Crippen molar-refractivity contribution in [2.45, 2.75) is 39.2 Å². The molecule has 0 N–H and O–H groups in total. The molecule has 1 aliphatic rings. The second kappa shape index (κ2) is 7.76. The van der Waals surface area contributed by atoms with Gasteiger partial charge in [-0.1, -0.05) is 13.8 Å². The van der Waals surface area contributed by atoms with Crippen molar-refractivity contribution in [3.63, 3.8) is 0 Å². The fraction of sp³-hybridized carbons (Fsp3) is 0.526. The van der Waals surface area contributed by atoms with E-state index in [4.69, 9.17) is 4.42 Å². The molecule has 140 valence electrons. The van der Waals surface area contributed by atoms with Crippen molar-refractivity contribution in [3.05, 3.63) is 42.4 Å². The van der Waals surface area contributed by atoms with Gasteiger partial charge >= 0.3 is 0 Å². The van der Waals surface area contributed by atoms with Gasteiger partial charge in [-0.15, -0.1) is 0 Å². The Kier molecular flexibility index (Phi) is 5.44. The summed E-state index contributed by atoms with van der Waals surface area (Å²) in [6, 6.07) is 3.08. The van der Waals surface area contributed by atoms with Crippen molar-refractivity contribution < 1.29 is 14.0 Å². The first-order chi connectivity index (χ1) is 12.5. The minimum atomic E-state index is -0.303. The van der Waals surface area contributed by atoms with Gasteiger partial charge in [-0.3, -0.25) is 9.59 Å². The van der Waals surface area contributed by atoms with Crippen LogP contribution in [0.25, 0.3) is 0 Å². The summed E-state index contributed by atoms with van der Waals surface area (Å²) in [6.45, 7) is 8.36. The monoisotopic (exact) mass is 358 g/mol. The topological polar surface area (TPSA) is 71.6 Å². The van der Waals surface area contributed by atoms with Crippen LogP contribution in [0.3, 0.4) is 0 Å². The minimum absolute atomic E-state index is 0.0668. The van der Waals surface area contributed by atoms with Crippen LogP contribution >= 0.6 is 0 Å². The Morgan fingerprint density at radius 1 is 1.12 bits per heavy atom. The number of nitrogens with zero attached hydrogens (tertiary/aromatic N) is 4. The molecule has 7 heteroatoms. The molecule has 1 unspecified atom stereocenters. The van der Waals surface area contributed by atoms with E-state index in [1.54, 1.807) is 23.2 Å². The Labute approximate surface area is 153 Å². The smallest absolute Gasteiger partial charge is 0.289 e. The zero-order valence-electron chi connectivity index (χ0n) is 15.6. The SMILES string of the molecule is CC(C)c1nccn1C(C)C(=O)N1CCCN(C(=O)c2ccco2)CC1. The summed E-state index contributed by atoms with van der Waals surface area (Å²) in [5, 5.41) is 0. The third-order valence-corrected chi connectivity index (χ3v) is 4.82. The van der Waals surface area contributed by atoms with Gasteiger partial charge < -0.3 is 18.8 Å². The molecule has 0 saturated carbocycles. The lowest BCUT2D eigenvalue weighted by Crippen LogP contribution is -2.40. The second-order valence-electron chi connectivity index (χ2n) is 6.97. The highest BCUT2D eigenvalue weighted by atomic mass is 16.3. The first-order valence-corrected chi connectivity index (χ1v) is 9.13. The molecule has 1 aliphatic heterocycles. The zero-order valence-corrected chi connectivity index (χ0v) is 15.6. The van der Waals surface area contributed by atoms with Crippen LogP contribution in [-0.2, 0) is 4.79 Å². The largest absolute Gasteiger partial charge is 0.459 e. The van der Waals surface area contributed by atoms with Gasteiger partial charge in [0.15, 0.2) is 5.76 Å². The summed E-state index contributed by atoms with van der Waals surface area (Å²) in [5.41, 5.74) is 0. The van der Waals surface area contributed by atoms with Crippen LogP contribution in [0, 0.1) is 0 Å². The van der Waals surface area contributed by atoms with E-state index in [0.717, 1.165) is 12.2 Å². The Morgan fingerprint density at radius 3 is 2.54 bits per heavy atom. The van der Waals surface area contributed by atoms with Gasteiger partial charge in [0.1, 0.15) is 11.9 Å². The summed E-state index contributed by atoms with van der Waals surface area (Å²) >= 11 is 0. The van der Waals surface area contributed by atoms with Crippen LogP contribution < -0.4 is 0 Å². The quantitative estimate of drug-likeness (QED) is 0.842. The highest BCUT2D eigenvalue weighted by Crippen LogP contribution is 2.20. The van der Waals surface area contributed by atoms with Crippen LogP contribution in [0.15, 0.2) is 35.2 Å². The van der Waals surface area contributed by atoms with Gasteiger partial charge in [0.05, 0.1) is 6.26 Å². The van der Waals surface area contributed by atoms with Gasteiger partial charge in [0, 0.05) is 44.5 Å². The number of carbonyl (C=O) groups is 2. The molecule has 0 radical (unpaired) electrons. The first kappa shape index (κ1) is 18.2. The number of imidazole rings is 1. The fourth-order valence-corrected chi connectivity index (χ4v) is 3.38. The molecule has 1 fully saturated rings. The number of furan rings is 1. The molecular weight excluding hydrogens is 332 g/mol. The fourth-order valence-electron chi connectivity index (χ4n) is 3.38. The van der Waals surface area contributed by atoms with E-state index < -0.39 is 0 Å². The van der Waals surface area contributed by atoms with Crippen LogP contribution in [0.4, 0.5) is 0 Å². The van der Waals surface area contributed by atoms with Gasteiger partial charge in [0.25, 0.3) is 5.91 Å². The lowest BCUT2D eigenvalue weighted by molar-refractivity contribution is -0.134. The minimum Gasteiger partial charge on any atom is -0.459 e. The van der Waals surface area contributed by atoms with E-state index >= 15 is 0 Å². The molecule has 1 saturated heterocycles. The highest BCUT2D eigenvalue weighted by Gasteiger charge is 2.28. The van der Waals surface area contributed by atoms with Crippen molar-refractivity contribution >= 4 is 11.8 Å². The van der Waals surface area contributed by atoms with Crippen molar-refractivity contribution in [1.29, 1.82) is 0 Å². The standard InChI is InChI=1S/C19H26N4O3/c1-14(2)17-20-7-10-23(17)15(3)18(24)21-8-5-9-22(12-11-21)19(25)16-6-4-13-26-16/h4,6-7,10,13-15H,5,8-9,11-12H2,1-3H3. The van der Waals surface area contributed by atoms with E-state index in [1.807, 2.05) is 22.6 Å². The Morgan fingerprint density at radius 2 is 1.85 bits per heavy atom. The van der Waals surface area contributed by atoms with Crippen molar-refractivity contribution in [3.8, 4) is 0 Å². The molecule has 3 rings (SSSR count). The molecule has 1 atom stereocenters. The molecule has 2 amide bonds. The number of hydrogen-bond donors (Lipinski definition) is 0. The molecule has 0 aromatic carbocycles. The summed E-state index contributed by atoms with van der Waals surface area (Å²) in [7, 11) is 0. The molecule has 0 spiro atoms.